The van der Waals surface area contributed by atoms with Crippen LogP contribution in [0.15, 0.2) is 0 Å². The van der Waals surface area contributed by atoms with Crippen LogP contribution in [0.25, 0.3) is 0 Å². The highest BCUT2D eigenvalue weighted by atomic mass is 16.4. The number of amides is 1. The van der Waals surface area contributed by atoms with Crippen LogP contribution >= 0.6 is 0 Å². The summed E-state index contributed by atoms with van der Waals surface area (Å²) < 4.78 is 0. The summed E-state index contributed by atoms with van der Waals surface area (Å²) in [6.07, 6.45) is 2.55. The van der Waals surface area contributed by atoms with Gasteiger partial charge in [0, 0.05) is 13.1 Å². The fourth-order valence-electron chi connectivity index (χ4n) is 1.96. The van der Waals surface area contributed by atoms with Crippen molar-refractivity contribution < 1.29 is 14.7 Å². The molecule has 1 fully saturated rings. The lowest BCUT2D eigenvalue weighted by molar-refractivity contribution is -0.157. The minimum absolute atomic E-state index is 0.125. The molecule has 1 rings (SSSR count). The summed E-state index contributed by atoms with van der Waals surface area (Å²) >= 11 is 0. The zero-order valence-electron chi connectivity index (χ0n) is 10.1. The largest absolute Gasteiger partial charge is 0.480 e. The van der Waals surface area contributed by atoms with E-state index in [-0.39, 0.29) is 17.9 Å². The van der Waals surface area contributed by atoms with Gasteiger partial charge in [-0.05, 0) is 26.7 Å². The number of likely N-dealkylation sites (N-methyl/N-ethyl adjacent to an activating group) is 1. The summed E-state index contributed by atoms with van der Waals surface area (Å²) in [4.78, 5) is 24.4. The molecule has 1 aliphatic rings. The highest BCUT2D eigenvalue weighted by Gasteiger charge is 2.40. The maximum Gasteiger partial charge on any atom is 0.329 e. The van der Waals surface area contributed by atoms with Crippen molar-refractivity contribution in [3.63, 3.8) is 0 Å². The average molecular weight is 228 g/mol. The van der Waals surface area contributed by atoms with Crippen molar-refractivity contribution in [3.8, 4) is 0 Å². The number of nitrogens with two attached hydrogens (primary N) is 1. The molecule has 0 saturated heterocycles. The Bertz CT molecular complexity index is 302. The van der Waals surface area contributed by atoms with E-state index in [2.05, 4.69) is 0 Å². The number of nitrogens with zero attached hydrogens (tertiary/aromatic N) is 1. The van der Waals surface area contributed by atoms with E-state index in [1.807, 2.05) is 0 Å². The van der Waals surface area contributed by atoms with Crippen molar-refractivity contribution in [1.29, 1.82) is 0 Å². The zero-order chi connectivity index (χ0) is 12.5. The summed E-state index contributed by atoms with van der Waals surface area (Å²) in [6.45, 7) is 3.04. The maximum absolute atomic E-state index is 12.1. The second kappa shape index (κ2) is 4.41. The first kappa shape index (κ1) is 13.0. The molecule has 0 radical (unpaired) electrons. The van der Waals surface area contributed by atoms with Gasteiger partial charge in [0.1, 0.15) is 5.54 Å². The number of carbonyl (C=O) groups is 2. The number of carboxylic acids is 1. The molecule has 1 aliphatic carbocycles. The quantitative estimate of drug-likeness (QED) is 0.734. The fourth-order valence-corrected chi connectivity index (χ4v) is 1.96. The molecule has 3 N–H and O–H groups in total. The van der Waals surface area contributed by atoms with E-state index < -0.39 is 11.5 Å². The van der Waals surface area contributed by atoms with Crippen LogP contribution in [0.1, 0.15) is 33.1 Å². The van der Waals surface area contributed by atoms with E-state index in [9.17, 15) is 9.59 Å². The number of carboxylic acid groups (broad SMARTS) is 1. The minimum Gasteiger partial charge on any atom is -0.480 e. The normalized spacial score (nSPS) is 25.5. The van der Waals surface area contributed by atoms with Crippen LogP contribution in [0.5, 0.6) is 0 Å². The predicted molar refractivity (Wildman–Crippen MR) is 59.8 cm³/mol. The molecule has 5 nitrogen and oxygen atoms in total. The molecular formula is C11H20N2O3. The molecule has 92 valence electrons. The van der Waals surface area contributed by atoms with Gasteiger partial charge in [0.2, 0.25) is 5.91 Å². The maximum atomic E-state index is 12.1. The highest BCUT2D eigenvalue weighted by molar-refractivity contribution is 5.87. The molecule has 0 aromatic rings. The molecule has 0 heterocycles. The Morgan fingerprint density at radius 1 is 1.38 bits per heavy atom. The first-order valence-corrected chi connectivity index (χ1v) is 5.55. The van der Waals surface area contributed by atoms with Crippen molar-refractivity contribution in [1.82, 2.24) is 4.90 Å². The van der Waals surface area contributed by atoms with Crippen molar-refractivity contribution in [2.45, 2.75) is 44.7 Å². The van der Waals surface area contributed by atoms with Crippen LogP contribution in [0, 0.1) is 5.92 Å². The van der Waals surface area contributed by atoms with Crippen LogP contribution in [0.3, 0.4) is 0 Å². The summed E-state index contributed by atoms with van der Waals surface area (Å²) in [5.74, 6) is -1.38. The molecule has 0 aromatic heterocycles. The zero-order valence-corrected chi connectivity index (χ0v) is 10.1. The number of aliphatic carboxylic acids is 1. The first-order chi connectivity index (χ1) is 7.28. The minimum atomic E-state index is -1.18. The van der Waals surface area contributed by atoms with Gasteiger partial charge in [-0.15, -0.1) is 0 Å². The van der Waals surface area contributed by atoms with Gasteiger partial charge in [-0.25, -0.2) is 4.79 Å². The lowest BCUT2D eigenvalue weighted by Gasteiger charge is -2.34. The molecule has 2 atom stereocenters. The molecule has 5 heteroatoms. The summed E-state index contributed by atoms with van der Waals surface area (Å²) in [5.41, 5.74) is 4.66. The van der Waals surface area contributed by atoms with Crippen molar-refractivity contribution >= 4 is 11.9 Å². The number of hydrogen-bond acceptors (Lipinski definition) is 3. The molecule has 0 bridgehead atoms. The van der Waals surface area contributed by atoms with E-state index in [1.165, 1.54) is 25.8 Å². The highest BCUT2D eigenvalue weighted by Crippen LogP contribution is 2.27. The van der Waals surface area contributed by atoms with E-state index in [1.54, 1.807) is 0 Å². The Morgan fingerprint density at radius 3 is 2.31 bits per heavy atom. The van der Waals surface area contributed by atoms with Gasteiger partial charge in [0.05, 0.1) is 5.92 Å². The van der Waals surface area contributed by atoms with Gasteiger partial charge in [-0.1, -0.05) is 6.42 Å². The average Bonchev–Trinajstić information content (AvgIpc) is 2.61. The number of rotatable bonds is 3. The Balaban J connectivity index is 2.78. The van der Waals surface area contributed by atoms with Crippen molar-refractivity contribution in [2.24, 2.45) is 11.7 Å². The second-order valence-electron chi connectivity index (χ2n) is 4.96. The van der Waals surface area contributed by atoms with Crippen LogP contribution < -0.4 is 5.73 Å². The van der Waals surface area contributed by atoms with Crippen LogP contribution in [0.2, 0.25) is 0 Å². The molecule has 0 spiro atoms. The lowest BCUT2D eigenvalue weighted by Crippen LogP contribution is -2.54. The summed E-state index contributed by atoms with van der Waals surface area (Å²) in [6, 6.07) is -0.125. The van der Waals surface area contributed by atoms with Crippen molar-refractivity contribution in [3.05, 3.63) is 0 Å². The first-order valence-electron chi connectivity index (χ1n) is 5.55. The molecule has 2 unspecified atom stereocenters. The van der Waals surface area contributed by atoms with Gasteiger partial charge >= 0.3 is 5.97 Å². The molecule has 16 heavy (non-hydrogen) atoms. The third-order valence-corrected chi connectivity index (χ3v) is 3.58. The topological polar surface area (TPSA) is 83.6 Å². The Labute approximate surface area is 95.6 Å². The van der Waals surface area contributed by atoms with E-state index in [4.69, 9.17) is 10.8 Å². The van der Waals surface area contributed by atoms with Gasteiger partial charge in [-0.2, -0.15) is 0 Å². The third-order valence-electron chi connectivity index (χ3n) is 3.58. The predicted octanol–water partition coefficient (Wildman–Crippen LogP) is 0.435. The van der Waals surface area contributed by atoms with E-state index in [0.717, 1.165) is 19.3 Å². The standard InChI is InChI=1S/C11H20N2O3/c1-11(2,10(15)16)13(3)9(14)7-5-4-6-8(7)12/h7-8H,4-6,12H2,1-3H3,(H,15,16). The SMILES string of the molecule is CN(C(=O)C1CCCC1N)C(C)(C)C(=O)O. The smallest absolute Gasteiger partial charge is 0.329 e. The second-order valence-corrected chi connectivity index (χ2v) is 4.96. The monoisotopic (exact) mass is 228 g/mol. The Kier molecular flexibility index (Phi) is 3.57. The van der Waals surface area contributed by atoms with E-state index in [0.29, 0.717) is 0 Å². The van der Waals surface area contributed by atoms with Crippen LogP contribution in [0.4, 0.5) is 0 Å². The van der Waals surface area contributed by atoms with Gasteiger partial charge < -0.3 is 15.7 Å². The molecule has 1 saturated carbocycles. The van der Waals surface area contributed by atoms with Gasteiger partial charge in [0.25, 0.3) is 0 Å². The summed E-state index contributed by atoms with van der Waals surface area (Å²) in [5, 5.41) is 9.04. The van der Waals surface area contributed by atoms with E-state index >= 15 is 0 Å². The Morgan fingerprint density at radius 2 is 1.94 bits per heavy atom. The van der Waals surface area contributed by atoms with Gasteiger partial charge in [-0.3, -0.25) is 4.79 Å². The molecule has 1 amide bonds. The van der Waals surface area contributed by atoms with Crippen LogP contribution in [-0.4, -0.2) is 40.5 Å². The van der Waals surface area contributed by atoms with Crippen molar-refractivity contribution in [2.75, 3.05) is 7.05 Å². The third kappa shape index (κ3) is 2.19. The molecular weight excluding hydrogens is 208 g/mol. The fraction of sp³-hybridized carbons (Fsp3) is 0.818. The number of carbonyl (C=O) groups excluding carboxylic acids is 1. The summed E-state index contributed by atoms with van der Waals surface area (Å²) in [7, 11) is 1.53. The van der Waals surface area contributed by atoms with Gasteiger partial charge in [0.15, 0.2) is 0 Å². The van der Waals surface area contributed by atoms with Crippen LogP contribution in [-0.2, 0) is 9.59 Å². The number of hydrogen-bond donors (Lipinski definition) is 2. The molecule has 0 aromatic carbocycles. The Hall–Kier alpha value is -1.10. The lowest BCUT2D eigenvalue weighted by atomic mass is 9.97. The molecule has 0 aliphatic heterocycles.